The lowest BCUT2D eigenvalue weighted by Gasteiger charge is -2.17. The van der Waals surface area contributed by atoms with Crippen molar-refractivity contribution >= 4 is 5.78 Å². The smallest absolute Gasteiger partial charge is 0.192 e. The maximum Gasteiger partial charge on any atom is 0.192 e. The first kappa shape index (κ1) is 13.3. The molecule has 3 nitrogen and oxygen atoms in total. The Bertz CT molecular complexity index is 693. The zero-order valence-corrected chi connectivity index (χ0v) is 11.8. The average Bonchev–Trinajstić information content (AvgIpc) is 2.96. The highest BCUT2D eigenvalue weighted by atomic mass is 16.1. The molecule has 104 valence electrons. The van der Waals surface area contributed by atoms with Crippen molar-refractivity contribution in [3.63, 3.8) is 0 Å². The van der Waals surface area contributed by atoms with Gasteiger partial charge in [-0.05, 0) is 17.2 Å². The Morgan fingerprint density at radius 3 is 1.86 bits per heavy atom. The summed E-state index contributed by atoms with van der Waals surface area (Å²) in [7, 11) is 1.79. The summed E-state index contributed by atoms with van der Waals surface area (Å²) in [5, 5.41) is 4.10. The lowest BCUT2D eigenvalue weighted by Crippen LogP contribution is -2.17. The lowest BCUT2D eigenvalue weighted by molar-refractivity contribution is 0.0964. The SMILES string of the molecule is Cn1nccc1C(=O)C(c1ccccc1)c1ccccc1. The van der Waals surface area contributed by atoms with Gasteiger partial charge in [0.2, 0.25) is 0 Å². The predicted molar refractivity (Wildman–Crippen MR) is 82.3 cm³/mol. The van der Waals surface area contributed by atoms with Gasteiger partial charge in [-0.3, -0.25) is 9.48 Å². The molecule has 0 N–H and O–H groups in total. The zero-order valence-electron chi connectivity index (χ0n) is 11.8. The third-order valence-corrected chi connectivity index (χ3v) is 3.60. The van der Waals surface area contributed by atoms with E-state index in [1.54, 1.807) is 24.0 Å². The molecule has 0 radical (unpaired) electrons. The normalized spacial score (nSPS) is 10.8. The van der Waals surface area contributed by atoms with Gasteiger partial charge in [0.25, 0.3) is 0 Å². The molecule has 3 rings (SSSR count). The molecule has 0 spiro atoms. The first-order valence-electron chi connectivity index (χ1n) is 6.89. The molecule has 0 aliphatic carbocycles. The molecule has 1 aromatic heterocycles. The summed E-state index contributed by atoms with van der Waals surface area (Å²) >= 11 is 0. The van der Waals surface area contributed by atoms with E-state index in [9.17, 15) is 4.79 Å². The number of rotatable bonds is 4. The molecule has 0 atom stereocenters. The Morgan fingerprint density at radius 1 is 0.905 bits per heavy atom. The summed E-state index contributed by atoms with van der Waals surface area (Å²) in [5.41, 5.74) is 2.61. The van der Waals surface area contributed by atoms with Gasteiger partial charge >= 0.3 is 0 Å². The highest BCUT2D eigenvalue weighted by Gasteiger charge is 2.25. The molecular formula is C18H16N2O. The number of hydrogen-bond donors (Lipinski definition) is 0. The van der Waals surface area contributed by atoms with Crippen molar-refractivity contribution in [1.29, 1.82) is 0 Å². The Balaban J connectivity index is 2.09. The van der Waals surface area contributed by atoms with Crippen molar-refractivity contribution in [1.82, 2.24) is 9.78 Å². The summed E-state index contributed by atoms with van der Waals surface area (Å²) in [6.45, 7) is 0. The monoisotopic (exact) mass is 276 g/mol. The van der Waals surface area contributed by atoms with Crippen LogP contribution < -0.4 is 0 Å². The largest absolute Gasteiger partial charge is 0.291 e. The maximum absolute atomic E-state index is 13.0. The lowest BCUT2D eigenvalue weighted by atomic mass is 9.86. The number of ketones is 1. The van der Waals surface area contributed by atoms with E-state index in [1.807, 2.05) is 60.7 Å². The van der Waals surface area contributed by atoms with Crippen LogP contribution in [0.4, 0.5) is 0 Å². The highest BCUT2D eigenvalue weighted by molar-refractivity contribution is 6.01. The summed E-state index contributed by atoms with van der Waals surface area (Å²) in [6.07, 6.45) is 1.65. The molecule has 1 heterocycles. The topological polar surface area (TPSA) is 34.9 Å². The highest BCUT2D eigenvalue weighted by Crippen LogP contribution is 2.28. The molecule has 0 amide bonds. The van der Waals surface area contributed by atoms with Gasteiger partial charge < -0.3 is 0 Å². The molecular weight excluding hydrogens is 260 g/mol. The van der Waals surface area contributed by atoms with Gasteiger partial charge in [-0.25, -0.2) is 0 Å². The predicted octanol–water partition coefficient (Wildman–Crippen LogP) is 3.43. The van der Waals surface area contributed by atoms with E-state index in [0.29, 0.717) is 5.69 Å². The minimum atomic E-state index is -0.303. The van der Waals surface area contributed by atoms with Crippen molar-refractivity contribution < 1.29 is 4.79 Å². The number of carbonyl (C=O) groups excluding carboxylic acids is 1. The molecule has 0 bridgehead atoms. The molecule has 3 heteroatoms. The number of aromatic nitrogens is 2. The third-order valence-electron chi connectivity index (χ3n) is 3.60. The Labute approximate surface area is 123 Å². The van der Waals surface area contributed by atoms with Crippen molar-refractivity contribution in [2.24, 2.45) is 7.05 Å². The summed E-state index contributed by atoms with van der Waals surface area (Å²) in [6, 6.07) is 21.5. The Kier molecular flexibility index (Phi) is 3.65. The van der Waals surface area contributed by atoms with E-state index in [2.05, 4.69) is 5.10 Å². The minimum Gasteiger partial charge on any atom is -0.291 e. The Morgan fingerprint density at radius 2 is 1.43 bits per heavy atom. The van der Waals surface area contributed by atoms with E-state index in [4.69, 9.17) is 0 Å². The van der Waals surface area contributed by atoms with Crippen LogP contribution in [0, 0.1) is 0 Å². The number of nitrogens with zero attached hydrogens (tertiary/aromatic N) is 2. The van der Waals surface area contributed by atoms with Crippen LogP contribution in [0.25, 0.3) is 0 Å². The number of hydrogen-bond acceptors (Lipinski definition) is 2. The van der Waals surface area contributed by atoms with Crippen molar-refractivity contribution in [2.45, 2.75) is 5.92 Å². The van der Waals surface area contributed by atoms with Crippen LogP contribution in [0.15, 0.2) is 72.9 Å². The number of carbonyl (C=O) groups is 1. The zero-order chi connectivity index (χ0) is 14.7. The van der Waals surface area contributed by atoms with E-state index >= 15 is 0 Å². The first-order chi connectivity index (χ1) is 10.3. The van der Waals surface area contributed by atoms with Crippen molar-refractivity contribution in [2.75, 3.05) is 0 Å². The molecule has 0 aliphatic heterocycles. The minimum absolute atomic E-state index is 0.0624. The Hall–Kier alpha value is -2.68. The van der Waals surface area contributed by atoms with Crippen LogP contribution in [0.1, 0.15) is 27.5 Å². The second-order valence-electron chi connectivity index (χ2n) is 4.96. The van der Waals surface area contributed by atoms with Crippen LogP contribution in [0.5, 0.6) is 0 Å². The fraction of sp³-hybridized carbons (Fsp3) is 0.111. The van der Waals surface area contributed by atoms with Crippen LogP contribution in [-0.4, -0.2) is 15.6 Å². The second-order valence-corrected chi connectivity index (χ2v) is 4.96. The standard InChI is InChI=1S/C18H16N2O/c1-20-16(12-13-19-20)18(21)17(14-8-4-2-5-9-14)15-10-6-3-7-11-15/h2-13,17H,1H3. The summed E-state index contributed by atoms with van der Waals surface area (Å²) in [5.74, 6) is -0.241. The molecule has 0 unspecified atom stereocenters. The molecule has 2 aromatic carbocycles. The van der Waals surface area contributed by atoms with Crippen molar-refractivity contribution in [3.05, 3.63) is 89.7 Å². The molecule has 0 saturated heterocycles. The van der Waals surface area contributed by atoms with Crippen LogP contribution in [-0.2, 0) is 7.05 Å². The maximum atomic E-state index is 13.0. The molecule has 0 saturated carbocycles. The van der Waals surface area contributed by atoms with Gasteiger partial charge in [-0.15, -0.1) is 0 Å². The molecule has 21 heavy (non-hydrogen) atoms. The van der Waals surface area contributed by atoms with Gasteiger partial charge in [-0.2, -0.15) is 5.10 Å². The second kappa shape index (κ2) is 5.75. The van der Waals surface area contributed by atoms with E-state index in [0.717, 1.165) is 11.1 Å². The molecule has 3 aromatic rings. The van der Waals surface area contributed by atoms with E-state index < -0.39 is 0 Å². The van der Waals surface area contributed by atoms with E-state index in [1.165, 1.54) is 0 Å². The van der Waals surface area contributed by atoms with Crippen LogP contribution in [0.2, 0.25) is 0 Å². The van der Waals surface area contributed by atoms with Gasteiger partial charge in [-0.1, -0.05) is 60.7 Å². The fourth-order valence-electron chi connectivity index (χ4n) is 2.55. The quantitative estimate of drug-likeness (QED) is 0.684. The van der Waals surface area contributed by atoms with Crippen LogP contribution in [0.3, 0.4) is 0 Å². The number of aryl methyl sites for hydroxylation is 1. The van der Waals surface area contributed by atoms with Crippen LogP contribution >= 0.6 is 0 Å². The van der Waals surface area contributed by atoms with Gasteiger partial charge in [0.05, 0.1) is 5.92 Å². The number of benzene rings is 2. The average molecular weight is 276 g/mol. The van der Waals surface area contributed by atoms with Gasteiger partial charge in [0.1, 0.15) is 5.69 Å². The third kappa shape index (κ3) is 2.63. The van der Waals surface area contributed by atoms with Crippen molar-refractivity contribution in [3.8, 4) is 0 Å². The molecule has 0 aliphatic rings. The summed E-state index contributed by atoms with van der Waals surface area (Å²) in [4.78, 5) is 13.0. The van der Waals surface area contributed by atoms with Gasteiger partial charge in [0, 0.05) is 13.2 Å². The fourth-order valence-corrected chi connectivity index (χ4v) is 2.55. The number of Topliss-reactive ketones (excluding diaryl/α,β-unsaturated/α-hetero) is 1. The first-order valence-corrected chi connectivity index (χ1v) is 6.89. The van der Waals surface area contributed by atoms with Gasteiger partial charge in [0.15, 0.2) is 5.78 Å². The summed E-state index contributed by atoms with van der Waals surface area (Å²) < 4.78 is 1.63. The molecule has 0 fully saturated rings. The van der Waals surface area contributed by atoms with E-state index in [-0.39, 0.29) is 11.7 Å².